The number of aromatic hydroxyl groups is 1. The van der Waals surface area contributed by atoms with Gasteiger partial charge in [0.1, 0.15) is 11.6 Å². The third kappa shape index (κ3) is 2.96. The zero-order valence-corrected chi connectivity index (χ0v) is 12.3. The van der Waals surface area contributed by atoms with E-state index < -0.39 is 6.16 Å². The molecule has 0 saturated carbocycles. The minimum Gasteiger partial charge on any atom is -0.508 e. The molecule has 0 aliphatic heterocycles. The van der Waals surface area contributed by atoms with E-state index in [1.807, 2.05) is 0 Å². The lowest BCUT2D eigenvalue weighted by molar-refractivity contribution is 0.141. The summed E-state index contributed by atoms with van der Waals surface area (Å²) in [6.45, 7) is 1.92. The first-order valence-corrected chi connectivity index (χ1v) is 6.92. The lowest BCUT2D eigenvalue weighted by atomic mass is 10.1. The minimum absolute atomic E-state index is 0.0675. The quantitative estimate of drug-likeness (QED) is 0.719. The minimum atomic E-state index is -1.44. The van der Waals surface area contributed by atoms with Crippen molar-refractivity contribution in [3.8, 4) is 11.6 Å². The predicted molar refractivity (Wildman–Crippen MR) is 82.5 cm³/mol. The Morgan fingerprint density at radius 2 is 2.00 bits per heavy atom. The van der Waals surface area contributed by atoms with E-state index in [-0.39, 0.29) is 24.0 Å². The van der Waals surface area contributed by atoms with Gasteiger partial charge in [-0.05, 0) is 42.3 Å². The second kappa shape index (κ2) is 5.64. The summed E-state index contributed by atoms with van der Waals surface area (Å²) in [5.41, 5.74) is 1.90. The van der Waals surface area contributed by atoms with Crippen LogP contribution in [-0.4, -0.2) is 20.9 Å². The van der Waals surface area contributed by atoms with E-state index in [1.165, 1.54) is 24.3 Å². The van der Waals surface area contributed by atoms with Crippen molar-refractivity contribution in [3.05, 3.63) is 59.4 Å². The van der Waals surface area contributed by atoms with Gasteiger partial charge in [-0.1, -0.05) is 12.1 Å². The fourth-order valence-electron chi connectivity index (χ4n) is 2.49. The molecule has 0 aliphatic rings. The summed E-state index contributed by atoms with van der Waals surface area (Å²) in [5.74, 6) is -0.144. The van der Waals surface area contributed by atoms with Gasteiger partial charge in [0.2, 0.25) is 5.88 Å². The highest BCUT2D eigenvalue weighted by atomic mass is 19.1. The van der Waals surface area contributed by atoms with Gasteiger partial charge < -0.3 is 19.5 Å². The van der Waals surface area contributed by atoms with Crippen molar-refractivity contribution in [1.29, 1.82) is 0 Å². The fraction of sp³-hybridized carbons (Fsp3) is 0.118. The molecular formula is C17H14FNO4. The number of hydrogen-bond acceptors (Lipinski definition) is 3. The second-order valence-electron chi connectivity index (χ2n) is 5.26. The maximum absolute atomic E-state index is 13.7. The van der Waals surface area contributed by atoms with Gasteiger partial charge in [-0.15, -0.1) is 0 Å². The number of benzene rings is 2. The maximum atomic E-state index is 13.7. The summed E-state index contributed by atoms with van der Waals surface area (Å²) in [6, 6.07) is 11.0. The van der Waals surface area contributed by atoms with Crippen LogP contribution in [0.25, 0.3) is 10.9 Å². The highest BCUT2D eigenvalue weighted by Gasteiger charge is 2.14. The van der Waals surface area contributed by atoms with Crippen LogP contribution in [0.2, 0.25) is 0 Å². The number of carboxylic acid groups (broad SMARTS) is 1. The Hall–Kier alpha value is -3.02. The van der Waals surface area contributed by atoms with Crippen molar-refractivity contribution in [3.63, 3.8) is 0 Å². The van der Waals surface area contributed by atoms with E-state index in [2.05, 4.69) is 0 Å². The molecule has 6 heteroatoms. The van der Waals surface area contributed by atoms with E-state index in [1.54, 1.807) is 29.7 Å². The van der Waals surface area contributed by atoms with Gasteiger partial charge in [-0.25, -0.2) is 9.18 Å². The van der Waals surface area contributed by atoms with Gasteiger partial charge in [0, 0.05) is 11.5 Å². The molecule has 5 nitrogen and oxygen atoms in total. The standard InChI is InChI=1S/C17H14FNO4/c1-10-2-3-11(6-14(10)18)9-19-15-5-4-13(20)7-12(15)8-16(19)23-17(21)22/h2-8,20H,9H2,1H3,(H,21,22). The number of hydrogen-bond donors (Lipinski definition) is 2. The summed E-state index contributed by atoms with van der Waals surface area (Å²) in [6.07, 6.45) is -1.44. The fourth-order valence-corrected chi connectivity index (χ4v) is 2.49. The van der Waals surface area contributed by atoms with E-state index >= 15 is 0 Å². The number of aryl methyl sites for hydroxylation is 1. The zero-order valence-electron chi connectivity index (χ0n) is 12.3. The van der Waals surface area contributed by atoms with E-state index in [9.17, 15) is 14.3 Å². The Morgan fingerprint density at radius 1 is 1.22 bits per heavy atom. The van der Waals surface area contributed by atoms with Crippen LogP contribution in [0.3, 0.4) is 0 Å². The Morgan fingerprint density at radius 3 is 2.70 bits per heavy atom. The summed E-state index contributed by atoms with van der Waals surface area (Å²) >= 11 is 0. The number of halogens is 1. The monoisotopic (exact) mass is 315 g/mol. The lowest BCUT2D eigenvalue weighted by Gasteiger charge is -2.10. The molecule has 0 atom stereocenters. The lowest BCUT2D eigenvalue weighted by Crippen LogP contribution is -2.09. The number of fused-ring (bicyclic) bond motifs is 1. The van der Waals surface area contributed by atoms with Crippen molar-refractivity contribution in [2.75, 3.05) is 0 Å². The third-order valence-electron chi connectivity index (χ3n) is 3.62. The van der Waals surface area contributed by atoms with Crippen LogP contribution >= 0.6 is 0 Å². The van der Waals surface area contributed by atoms with Gasteiger partial charge in [0.05, 0.1) is 12.1 Å². The molecule has 0 amide bonds. The average molecular weight is 315 g/mol. The highest BCUT2D eigenvalue weighted by molar-refractivity contribution is 5.84. The molecule has 0 saturated heterocycles. The predicted octanol–water partition coefficient (Wildman–Crippen LogP) is 3.90. The molecule has 0 spiro atoms. The summed E-state index contributed by atoms with van der Waals surface area (Å²) in [7, 11) is 0. The van der Waals surface area contributed by atoms with Crippen LogP contribution in [0.5, 0.6) is 11.6 Å². The molecule has 3 aromatic rings. The van der Waals surface area contributed by atoms with Gasteiger partial charge in [-0.2, -0.15) is 0 Å². The Bertz CT molecular complexity index is 901. The summed E-state index contributed by atoms with van der Waals surface area (Å²) in [5, 5.41) is 19.1. The normalized spacial score (nSPS) is 10.9. The van der Waals surface area contributed by atoms with Crippen LogP contribution in [0.4, 0.5) is 9.18 Å². The molecule has 0 aliphatic carbocycles. The van der Waals surface area contributed by atoms with E-state index in [4.69, 9.17) is 9.84 Å². The van der Waals surface area contributed by atoms with Gasteiger partial charge in [-0.3, -0.25) is 0 Å². The number of phenolic OH excluding ortho intramolecular Hbond substituents is 1. The molecule has 3 rings (SSSR count). The SMILES string of the molecule is Cc1ccc(Cn2c(OC(=O)O)cc3cc(O)ccc32)cc1F. The Balaban J connectivity index is 2.09. The molecule has 0 bridgehead atoms. The largest absolute Gasteiger partial charge is 0.512 e. The third-order valence-corrected chi connectivity index (χ3v) is 3.62. The molecule has 1 heterocycles. The number of nitrogens with zero attached hydrogens (tertiary/aromatic N) is 1. The first kappa shape index (κ1) is 14.9. The van der Waals surface area contributed by atoms with Crippen LogP contribution in [0, 0.1) is 12.7 Å². The second-order valence-corrected chi connectivity index (χ2v) is 5.26. The van der Waals surface area contributed by atoms with Gasteiger partial charge in [0.25, 0.3) is 0 Å². The molecule has 23 heavy (non-hydrogen) atoms. The number of carbonyl (C=O) groups is 1. The van der Waals surface area contributed by atoms with E-state index in [0.29, 0.717) is 22.0 Å². The number of ether oxygens (including phenoxy) is 1. The van der Waals surface area contributed by atoms with Crippen LogP contribution in [0.1, 0.15) is 11.1 Å². The Labute approximate surface area is 131 Å². The number of aromatic nitrogens is 1. The molecule has 0 fully saturated rings. The highest BCUT2D eigenvalue weighted by Crippen LogP contribution is 2.29. The van der Waals surface area contributed by atoms with Crippen molar-refractivity contribution < 1.29 is 24.1 Å². The topological polar surface area (TPSA) is 71.7 Å². The van der Waals surface area contributed by atoms with Crippen molar-refractivity contribution in [2.45, 2.75) is 13.5 Å². The average Bonchev–Trinajstić information content (AvgIpc) is 2.79. The summed E-state index contributed by atoms with van der Waals surface area (Å²) < 4.78 is 20.1. The van der Waals surface area contributed by atoms with Crippen LogP contribution in [-0.2, 0) is 6.54 Å². The summed E-state index contributed by atoms with van der Waals surface area (Å²) in [4.78, 5) is 10.9. The first-order valence-electron chi connectivity index (χ1n) is 6.92. The van der Waals surface area contributed by atoms with Crippen LogP contribution in [0.15, 0.2) is 42.5 Å². The van der Waals surface area contributed by atoms with Gasteiger partial charge in [0.15, 0.2) is 0 Å². The van der Waals surface area contributed by atoms with Crippen molar-refractivity contribution in [2.24, 2.45) is 0 Å². The number of phenols is 1. The number of rotatable bonds is 3. The molecule has 0 unspecified atom stereocenters. The Kier molecular flexibility index (Phi) is 3.65. The van der Waals surface area contributed by atoms with Gasteiger partial charge >= 0.3 is 6.16 Å². The van der Waals surface area contributed by atoms with Crippen LogP contribution < -0.4 is 4.74 Å². The first-order chi connectivity index (χ1) is 10.9. The maximum Gasteiger partial charge on any atom is 0.512 e. The molecule has 2 N–H and O–H groups in total. The smallest absolute Gasteiger partial charge is 0.508 e. The van der Waals surface area contributed by atoms with Crippen molar-refractivity contribution >= 4 is 17.1 Å². The molecule has 2 aromatic carbocycles. The van der Waals surface area contributed by atoms with E-state index in [0.717, 1.165) is 0 Å². The molecule has 118 valence electrons. The molecule has 0 radical (unpaired) electrons. The van der Waals surface area contributed by atoms with Crippen molar-refractivity contribution in [1.82, 2.24) is 4.57 Å². The zero-order chi connectivity index (χ0) is 16.6. The molecule has 1 aromatic heterocycles. The molecular weight excluding hydrogens is 301 g/mol.